The SMILES string of the molecule is Cc1ccc(NC(=O)C(=O)N2CCCC(c3nc(-c4ccc(C(=O)Nc5cc(C6CC6)ccn5)cc4)c4c(N)nccn34)C2)cc1C. The average Bonchev–Trinajstić information content (AvgIpc) is 3.86. The number of hydrogen-bond acceptors (Lipinski definition) is 7. The molecular weight excluding hydrogens is 592 g/mol. The van der Waals surface area contributed by atoms with Crippen LogP contribution in [0.3, 0.4) is 0 Å². The van der Waals surface area contributed by atoms with E-state index in [0.717, 1.165) is 35.4 Å². The number of amides is 3. The van der Waals surface area contributed by atoms with Gasteiger partial charge in [-0.25, -0.2) is 15.0 Å². The fraction of sp³-hybridized carbons (Fsp3) is 0.278. The molecule has 7 rings (SSSR count). The van der Waals surface area contributed by atoms with Crippen molar-refractivity contribution in [3.63, 3.8) is 0 Å². The van der Waals surface area contributed by atoms with Gasteiger partial charge in [0.15, 0.2) is 0 Å². The Hall–Kier alpha value is -5.58. The largest absolute Gasteiger partial charge is 0.382 e. The number of rotatable bonds is 6. The predicted molar refractivity (Wildman–Crippen MR) is 180 cm³/mol. The summed E-state index contributed by atoms with van der Waals surface area (Å²) < 4.78 is 1.92. The molecule has 0 bridgehead atoms. The zero-order chi connectivity index (χ0) is 32.7. The van der Waals surface area contributed by atoms with E-state index in [9.17, 15) is 14.4 Å². The number of carbonyl (C=O) groups is 3. The first-order valence-corrected chi connectivity index (χ1v) is 15.9. The van der Waals surface area contributed by atoms with Crippen LogP contribution in [-0.4, -0.2) is 55.1 Å². The normalized spacial score (nSPS) is 16.2. The van der Waals surface area contributed by atoms with Crippen molar-refractivity contribution < 1.29 is 14.4 Å². The zero-order valence-corrected chi connectivity index (χ0v) is 26.4. The van der Waals surface area contributed by atoms with Crippen LogP contribution < -0.4 is 16.4 Å². The molecule has 47 heavy (non-hydrogen) atoms. The minimum Gasteiger partial charge on any atom is -0.382 e. The Morgan fingerprint density at radius 3 is 2.45 bits per heavy atom. The van der Waals surface area contributed by atoms with Crippen molar-refractivity contribution in [1.82, 2.24) is 24.3 Å². The molecule has 3 amide bonds. The molecule has 1 saturated carbocycles. The number of imidazole rings is 1. The van der Waals surface area contributed by atoms with E-state index in [2.05, 4.69) is 20.6 Å². The van der Waals surface area contributed by atoms with Gasteiger partial charge in [-0.2, -0.15) is 0 Å². The van der Waals surface area contributed by atoms with Crippen molar-refractivity contribution in [3.8, 4) is 11.3 Å². The first-order chi connectivity index (χ1) is 22.7. The first-order valence-electron chi connectivity index (χ1n) is 15.9. The van der Waals surface area contributed by atoms with Crippen LogP contribution in [0.15, 0.2) is 73.2 Å². The third-order valence-corrected chi connectivity index (χ3v) is 9.14. The quantitative estimate of drug-likeness (QED) is 0.211. The summed E-state index contributed by atoms with van der Waals surface area (Å²) in [6.07, 6.45) is 9.03. The van der Waals surface area contributed by atoms with Gasteiger partial charge in [-0.05, 0) is 98.5 Å². The zero-order valence-electron chi connectivity index (χ0n) is 26.4. The van der Waals surface area contributed by atoms with Gasteiger partial charge < -0.3 is 21.3 Å². The van der Waals surface area contributed by atoms with E-state index < -0.39 is 11.8 Å². The van der Waals surface area contributed by atoms with Gasteiger partial charge in [0.25, 0.3) is 5.91 Å². The number of fused-ring (bicyclic) bond motifs is 1. The number of likely N-dealkylation sites (tertiary alicyclic amines) is 1. The van der Waals surface area contributed by atoms with Crippen LogP contribution in [0.5, 0.6) is 0 Å². The van der Waals surface area contributed by atoms with E-state index in [-0.39, 0.29) is 11.8 Å². The Morgan fingerprint density at radius 1 is 0.872 bits per heavy atom. The molecule has 4 heterocycles. The number of nitrogen functional groups attached to an aromatic ring is 1. The second-order valence-corrected chi connectivity index (χ2v) is 12.5. The Kier molecular flexibility index (Phi) is 7.88. The maximum absolute atomic E-state index is 13.2. The van der Waals surface area contributed by atoms with Crippen molar-refractivity contribution >= 4 is 40.6 Å². The van der Waals surface area contributed by atoms with Crippen LogP contribution in [-0.2, 0) is 9.59 Å². The maximum atomic E-state index is 13.2. The highest BCUT2D eigenvalue weighted by Gasteiger charge is 2.32. The summed E-state index contributed by atoms with van der Waals surface area (Å²) in [4.78, 5) is 54.5. The molecule has 2 fully saturated rings. The molecule has 1 aliphatic carbocycles. The minimum absolute atomic E-state index is 0.130. The van der Waals surface area contributed by atoms with Gasteiger partial charge in [0.05, 0.1) is 0 Å². The first kappa shape index (κ1) is 30.1. The highest BCUT2D eigenvalue weighted by atomic mass is 16.2. The molecule has 238 valence electrons. The van der Waals surface area contributed by atoms with E-state index in [0.29, 0.717) is 53.1 Å². The summed E-state index contributed by atoms with van der Waals surface area (Å²) in [5.74, 6) is 0.548. The van der Waals surface area contributed by atoms with Crippen molar-refractivity contribution in [2.75, 3.05) is 29.5 Å². The van der Waals surface area contributed by atoms with Crippen molar-refractivity contribution in [3.05, 3.63) is 101 Å². The molecule has 4 N–H and O–H groups in total. The molecule has 11 heteroatoms. The number of aromatic nitrogens is 4. The van der Waals surface area contributed by atoms with Gasteiger partial charge in [-0.1, -0.05) is 18.2 Å². The summed E-state index contributed by atoms with van der Waals surface area (Å²) in [6, 6.07) is 16.7. The fourth-order valence-electron chi connectivity index (χ4n) is 6.25. The van der Waals surface area contributed by atoms with Crippen LogP contribution in [0.25, 0.3) is 16.8 Å². The Labute approximate surface area is 272 Å². The van der Waals surface area contributed by atoms with Crippen LogP contribution in [0.4, 0.5) is 17.3 Å². The molecule has 3 aromatic heterocycles. The second kappa shape index (κ2) is 12.3. The predicted octanol–water partition coefficient (Wildman–Crippen LogP) is 5.46. The van der Waals surface area contributed by atoms with Crippen LogP contribution in [0.1, 0.15) is 70.4 Å². The Bertz CT molecular complexity index is 2020. The number of hydrogen-bond donors (Lipinski definition) is 3. The van der Waals surface area contributed by atoms with Gasteiger partial charge in [-0.15, -0.1) is 0 Å². The number of aryl methyl sites for hydroxylation is 2. The highest BCUT2D eigenvalue weighted by molar-refractivity contribution is 6.39. The number of carbonyl (C=O) groups excluding carboxylic acids is 3. The smallest absolute Gasteiger partial charge is 0.313 e. The van der Waals surface area contributed by atoms with Crippen LogP contribution >= 0.6 is 0 Å². The van der Waals surface area contributed by atoms with Gasteiger partial charge in [-0.3, -0.25) is 18.8 Å². The molecule has 1 saturated heterocycles. The van der Waals surface area contributed by atoms with E-state index in [1.807, 2.05) is 60.8 Å². The second-order valence-electron chi connectivity index (χ2n) is 12.5. The standard InChI is InChI=1S/C36H36N8O3/c1-21-5-12-28(18-22(21)2)40-35(46)36(47)43-16-3-4-27(20-43)33-42-30(31-32(37)39-15-17-44(31)33)24-8-10-25(11-9-24)34(45)41-29-19-26(13-14-38-29)23-6-7-23/h5,8-15,17-19,23,27H,3-4,6-7,16,20H2,1-2H3,(H2,37,39)(H,40,46)(H,38,41,45). The monoisotopic (exact) mass is 628 g/mol. The topological polar surface area (TPSA) is 148 Å². The van der Waals surface area contributed by atoms with Gasteiger partial charge in [0, 0.05) is 54.4 Å². The molecule has 2 aliphatic rings. The summed E-state index contributed by atoms with van der Waals surface area (Å²) in [6.45, 7) is 4.79. The number of nitrogens with zero attached hydrogens (tertiary/aromatic N) is 5. The van der Waals surface area contributed by atoms with Gasteiger partial charge >= 0.3 is 11.8 Å². The lowest BCUT2D eigenvalue weighted by Crippen LogP contribution is -2.45. The van der Waals surface area contributed by atoms with Crippen molar-refractivity contribution in [1.29, 1.82) is 0 Å². The number of benzene rings is 2. The molecule has 1 unspecified atom stereocenters. The number of piperidine rings is 1. The molecule has 11 nitrogen and oxygen atoms in total. The summed E-state index contributed by atoms with van der Waals surface area (Å²) in [5, 5.41) is 5.66. The number of nitrogens with one attached hydrogen (secondary N) is 2. The summed E-state index contributed by atoms with van der Waals surface area (Å²) in [5.41, 5.74) is 12.9. The van der Waals surface area contributed by atoms with Crippen LogP contribution in [0, 0.1) is 13.8 Å². The molecule has 1 aliphatic heterocycles. The lowest BCUT2D eigenvalue weighted by Gasteiger charge is -2.31. The lowest BCUT2D eigenvalue weighted by molar-refractivity contribution is -0.144. The molecule has 5 aromatic rings. The van der Waals surface area contributed by atoms with E-state index in [1.165, 1.54) is 18.4 Å². The Balaban J connectivity index is 1.10. The minimum atomic E-state index is -0.661. The molecule has 0 radical (unpaired) electrons. The molecule has 1 atom stereocenters. The third-order valence-electron chi connectivity index (χ3n) is 9.14. The van der Waals surface area contributed by atoms with E-state index in [4.69, 9.17) is 10.7 Å². The van der Waals surface area contributed by atoms with Crippen molar-refractivity contribution in [2.45, 2.75) is 51.4 Å². The van der Waals surface area contributed by atoms with E-state index in [1.54, 1.807) is 35.5 Å². The van der Waals surface area contributed by atoms with Crippen molar-refractivity contribution in [2.24, 2.45) is 0 Å². The third kappa shape index (κ3) is 6.16. The molecule has 2 aromatic carbocycles. The fourth-order valence-corrected chi connectivity index (χ4v) is 6.25. The highest BCUT2D eigenvalue weighted by Crippen LogP contribution is 2.40. The number of nitrogens with two attached hydrogens (primary N) is 1. The summed E-state index contributed by atoms with van der Waals surface area (Å²) >= 11 is 0. The number of pyridine rings is 1. The van der Waals surface area contributed by atoms with Gasteiger partial charge in [0.2, 0.25) is 0 Å². The average molecular weight is 629 g/mol. The van der Waals surface area contributed by atoms with Gasteiger partial charge in [0.1, 0.15) is 28.7 Å². The van der Waals surface area contributed by atoms with Crippen LogP contribution in [0.2, 0.25) is 0 Å². The lowest BCUT2D eigenvalue weighted by atomic mass is 9.97. The number of anilines is 3. The van der Waals surface area contributed by atoms with E-state index >= 15 is 0 Å². The maximum Gasteiger partial charge on any atom is 0.313 e. The molecule has 0 spiro atoms. The Morgan fingerprint density at radius 2 is 1.68 bits per heavy atom. The summed E-state index contributed by atoms with van der Waals surface area (Å²) in [7, 11) is 0. The molecular formula is C36H36N8O3.